The normalized spacial score (nSPS) is 32.6. The second kappa shape index (κ2) is 5.98. The molecule has 2 rings (SSSR count). The first-order valence-electron chi connectivity index (χ1n) is 7.60. The molecule has 20 heavy (non-hydrogen) atoms. The summed E-state index contributed by atoms with van der Waals surface area (Å²) in [4.78, 5) is 23.7. The number of hydrogen-bond donors (Lipinski definition) is 2. The minimum absolute atomic E-state index is 0.0817. The highest BCUT2D eigenvalue weighted by Crippen LogP contribution is 2.36. The van der Waals surface area contributed by atoms with Crippen molar-refractivity contribution in [2.24, 2.45) is 17.3 Å². The number of aliphatic carboxylic acids is 1. The highest BCUT2D eigenvalue weighted by molar-refractivity contribution is 5.85. The molecule has 0 saturated heterocycles. The van der Waals surface area contributed by atoms with Gasteiger partial charge in [0.1, 0.15) is 0 Å². The predicted octanol–water partition coefficient (Wildman–Crippen LogP) is 2.74. The van der Waals surface area contributed by atoms with E-state index >= 15 is 0 Å². The van der Waals surface area contributed by atoms with Gasteiger partial charge in [-0.3, -0.25) is 9.59 Å². The van der Waals surface area contributed by atoms with Crippen molar-refractivity contribution in [2.75, 3.05) is 0 Å². The zero-order chi connectivity index (χ0) is 14.8. The third-order valence-electron chi connectivity index (χ3n) is 4.91. The van der Waals surface area contributed by atoms with Crippen LogP contribution in [0.3, 0.4) is 0 Å². The van der Waals surface area contributed by atoms with Crippen LogP contribution in [0, 0.1) is 17.3 Å². The van der Waals surface area contributed by atoms with Gasteiger partial charge in [0.2, 0.25) is 5.91 Å². The fraction of sp³-hybridized carbons (Fsp3) is 0.750. The molecular formula is C16H25NO3. The van der Waals surface area contributed by atoms with Crippen LogP contribution in [0.25, 0.3) is 0 Å². The lowest BCUT2D eigenvalue weighted by Gasteiger charge is -2.40. The van der Waals surface area contributed by atoms with E-state index in [4.69, 9.17) is 0 Å². The molecule has 1 saturated carbocycles. The summed E-state index contributed by atoms with van der Waals surface area (Å²) in [7, 11) is 0. The molecule has 2 aliphatic rings. The van der Waals surface area contributed by atoms with Crippen molar-refractivity contribution in [2.45, 2.75) is 58.4 Å². The molecule has 112 valence electrons. The van der Waals surface area contributed by atoms with Crippen LogP contribution in [-0.2, 0) is 9.59 Å². The molecule has 4 nitrogen and oxygen atoms in total. The van der Waals surface area contributed by atoms with Crippen LogP contribution < -0.4 is 5.32 Å². The van der Waals surface area contributed by atoms with E-state index in [1.165, 1.54) is 6.42 Å². The third-order valence-corrected chi connectivity index (χ3v) is 4.91. The highest BCUT2D eigenvalue weighted by Gasteiger charge is 2.38. The SMILES string of the molecule is CC1(C)CCCCC1NC(=O)C1CC=CCC1C(=O)O. The first kappa shape index (κ1) is 15.1. The molecule has 1 amide bonds. The molecule has 0 aromatic heterocycles. The van der Waals surface area contributed by atoms with Crippen LogP contribution in [0.5, 0.6) is 0 Å². The number of allylic oxidation sites excluding steroid dienone is 2. The molecule has 0 bridgehead atoms. The molecule has 0 aromatic rings. The Labute approximate surface area is 120 Å². The lowest BCUT2D eigenvalue weighted by molar-refractivity contribution is -0.147. The van der Waals surface area contributed by atoms with E-state index in [-0.39, 0.29) is 17.4 Å². The first-order valence-corrected chi connectivity index (χ1v) is 7.60. The number of carboxylic acid groups (broad SMARTS) is 1. The Hall–Kier alpha value is -1.32. The number of carboxylic acids is 1. The van der Waals surface area contributed by atoms with E-state index in [2.05, 4.69) is 19.2 Å². The molecule has 0 heterocycles. The number of nitrogens with one attached hydrogen (secondary N) is 1. The maximum absolute atomic E-state index is 12.5. The number of hydrogen-bond acceptors (Lipinski definition) is 2. The van der Waals surface area contributed by atoms with Gasteiger partial charge in [-0.25, -0.2) is 0 Å². The van der Waals surface area contributed by atoms with E-state index in [1.54, 1.807) is 0 Å². The Bertz CT molecular complexity index is 414. The van der Waals surface area contributed by atoms with E-state index in [0.717, 1.165) is 19.3 Å². The zero-order valence-electron chi connectivity index (χ0n) is 12.4. The van der Waals surface area contributed by atoms with Gasteiger partial charge in [-0.2, -0.15) is 0 Å². The summed E-state index contributed by atoms with van der Waals surface area (Å²) < 4.78 is 0. The maximum Gasteiger partial charge on any atom is 0.307 e. The quantitative estimate of drug-likeness (QED) is 0.781. The Kier molecular flexibility index (Phi) is 4.51. The van der Waals surface area contributed by atoms with Gasteiger partial charge < -0.3 is 10.4 Å². The molecule has 4 heteroatoms. The summed E-state index contributed by atoms with van der Waals surface area (Å²) in [5.74, 6) is -1.94. The Morgan fingerprint density at radius 3 is 2.40 bits per heavy atom. The van der Waals surface area contributed by atoms with Crippen LogP contribution in [0.2, 0.25) is 0 Å². The smallest absolute Gasteiger partial charge is 0.307 e. The third kappa shape index (κ3) is 3.22. The van der Waals surface area contributed by atoms with Gasteiger partial charge in [0.05, 0.1) is 11.8 Å². The van der Waals surface area contributed by atoms with Gasteiger partial charge >= 0.3 is 5.97 Å². The van der Waals surface area contributed by atoms with E-state index in [9.17, 15) is 14.7 Å². The molecule has 1 fully saturated rings. The molecule has 0 spiro atoms. The van der Waals surface area contributed by atoms with Gasteiger partial charge in [-0.05, 0) is 31.1 Å². The van der Waals surface area contributed by atoms with Crippen molar-refractivity contribution in [3.05, 3.63) is 12.2 Å². The number of rotatable bonds is 3. The molecule has 3 atom stereocenters. The Balaban J connectivity index is 2.03. The van der Waals surface area contributed by atoms with Crippen LogP contribution in [-0.4, -0.2) is 23.0 Å². The lowest BCUT2D eigenvalue weighted by atomic mass is 9.72. The molecule has 0 aliphatic heterocycles. The van der Waals surface area contributed by atoms with Crippen molar-refractivity contribution in [3.63, 3.8) is 0 Å². The number of amides is 1. The van der Waals surface area contributed by atoms with Crippen molar-refractivity contribution < 1.29 is 14.7 Å². The van der Waals surface area contributed by atoms with Crippen molar-refractivity contribution in [1.29, 1.82) is 0 Å². The topological polar surface area (TPSA) is 66.4 Å². The number of carbonyl (C=O) groups excluding carboxylic acids is 1. The van der Waals surface area contributed by atoms with E-state index in [0.29, 0.717) is 12.8 Å². The molecule has 3 unspecified atom stereocenters. The Morgan fingerprint density at radius 2 is 1.80 bits per heavy atom. The van der Waals surface area contributed by atoms with Gasteiger partial charge in [-0.15, -0.1) is 0 Å². The van der Waals surface area contributed by atoms with Gasteiger partial charge in [0, 0.05) is 6.04 Å². The van der Waals surface area contributed by atoms with Gasteiger partial charge in [0.25, 0.3) is 0 Å². The molecule has 0 radical (unpaired) electrons. The van der Waals surface area contributed by atoms with Crippen LogP contribution in [0.1, 0.15) is 52.4 Å². The second-order valence-electron chi connectivity index (χ2n) is 6.79. The summed E-state index contributed by atoms with van der Waals surface area (Å²) in [6, 6.07) is 0.170. The maximum atomic E-state index is 12.5. The number of carbonyl (C=O) groups is 2. The zero-order valence-corrected chi connectivity index (χ0v) is 12.4. The van der Waals surface area contributed by atoms with Crippen LogP contribution in [0.15, 0.2) is 12.2 Å². The summed E-state index contributed by atoms with van der Waals surface area (Å²) in [5, 5.41) is 12.4. The summed E-state index contributed by atoms with van der Waals surface area (Å²) in [5.41, 5.74) is 0.108. The average molecular weight is 279 g/mol. The summed E-state index contributed by atoms with van der Waals surface area (Å²) in [6.45, 7) is 4.37. The van der Waals surface area contributed by atoms with Crippen molar-refractivity contribution in [1.82, 2.24) is 5.32 Å². The van der Waals surface area contributed by atoms with Crippen molar-refractivity contribution in [3.8, 4) is 0 Å². The fourth-order valence-corrected chi connectivity index (χ4v) is 3.42. The molecule has 2 aliphatic carbocycles. The summed E-state index contributed by atoms with van der Waals surface area (Å²) in [6.07, 6.45) is 9.26. The standard InChI is InChI=1S/C16H25NO3/c1-16(2)10-6-5-9-13(16)17-14(18)11-7-3-4-8-12(11)15(19)20/h3-4,11-13H,5-10H2,1-2H3,(H,17,18)(H,19,20). The first-order chi connectivity index (χ1) is 9.42. The fourth-order valence-electron chi connectivity index (χ4n) is 3.42. The lowest BCUT2D eigenvalue weighted by Crippen LogP contribution is -2.50. The Morgan fingerprint density at radius 1 is 1.15 bits per heavy atom. The minimum atomic E-state index is -0.864. The minimum Gasteiger partial charge on any atom is -0.481 e. The van der Waals surface area contributed by atoms with Gasteiger partial charge in [-0.1, -0.05) is 38.8 Å². The van der Waals surface area contributed by atoms with Gasteiger partial charge in [0.15, 0.2) is 0 Å². The van der Waals surface area contributed by atoms with Crippen LogP contribution in [0.4, 0.5) is 0 Å². The van der Waals surface area contributed by atoms with E-state index in [1.807, 2.05) is 12.2 Å². The highest BCUT2D eigenvalue weighted by atomic mass is 16.4. The molecule has 2 N–H and O–H groups in total. The average Bonchev–Trinajstić information content (AvgIpc) is 2.41. The molecule has 0 aromatic carbocycles. The largest absolute Gasteiger partial charge is 0.481 e. The van der Waals surface area contributed by atoms with Crippen LogP contribution >= 0.6 is 0 Å². The predicted molar refractivity (Wildman–Crippen MR) is 77.2 cm³/mol. The van der Waals surface area contributed by atoms with E-state index < -0.39 is 17.8 Å². The monoisotopic (exact) mass is 279 g/mol. The summed E-state index contributed by atoms with van der Waals surface area (Å²) >= 11 is 0. The van der Waals surface area contributed by atoms with Crippen molar-refractivity contribution >= 4 is 11.9 Å². The second-order valence-corrected chi connectivity index (χ2v) is 6.79. The molecular weight excluding hydrogens is 254 g/mol.